The van der Waals surface area contributed by atoms with Crippen molar-refractivity contribution in [3.8, 4) is 0 Å². The van der Waals surface area contributed by atoms with E-state index in [2.05, 4.69) is 30.8 Å². The first-order valence-electron chi connectivity index (χ1n) is 11.1. The molecule has 2 aliphatic rings. The molecule has 2 bridgehead atoms. The van der Waals surface area contributed by atoms with Crippen LogP contribution in [-0.4, -0.2) is 58.9 Å². The first-order valence-corrected chi connectivity index (χ1v) is 11.9. The molecule has 2 aliphatic heterocycles. The Morgan fingerprint density at radius 1 is 1.33 bits per heavy atom. The highest BCUT2D eigenvalue weighted by Crippen LogP contribution is 2.39. The third-order valence-corrected chi connectivity index (χ3v) is 7.01. The quantitative estimate of drug-likeness (QED) is 0.397. The van der Waals surface area contributed by atoms with Gasteiger partial charge in [0, 0.05) is 53.5 Å². The van der Waals surface area contributed by atoms with E-state index in [1.807, 2.05) is 11.8 Å². The largest absolute Gasteiger partial charge is 0.367 e. The highest BCUT2D eigenvalue weighted by molar-refractivity contribution is 7.95. The van der Waals surface area contributed by atoms with E-state index in [-0.39, 0.29) is 35.4 Å². The van der Waals surface area contributed by atoms with Gasteiger partial charge in [0.25, 0.3) is 0 Å². The monoisotopic (exact) mass is 471 g/mol. The average molecular weight is 472 g/mol. The maximum absolute atomic E-state index is 15.2. The van der Waals surface area contributed by atoms with E-state index in [1.165, 1.54) is 0 Å². The highest BCUT2D eigenvalue weighted by atomic mass is 32.2. The lowest BCUT2D eigenvalue weighted by molar-refractivity contribution is -0.134. The SMILES string of the molecule is Cc1cc(Nc2nc(NC3C[C@H]4CC[C@@H](C3)N4C(=O)C(C)SO)c3cccnc3c2F)n[nH]1. The zero-order valence-electron chi connectivity index (χ0n) is 18.4. The molecule has 0 radical (unpaired) electrons. The third-order valence-electron chi connectivity index (χ3n) is 6.49. The number of rotatable bonds is 6. The first kappa shape index (κ1) is 21.9. The molecule has 4 N–H and O–H groups in total. The van der Waals surface area contributed by atoms with Crippen LogP contribution < -0.4 is 10.6 Å². The fourth-order valence-corrected chi connectivity index (χ4v) is 5.22. The summed E-state index contributed by atoms with van der Waals surface area (Å²) in [7, 11) is 0. The molecule has 0 saturated carbocycles. The zero-order chi connectivity index (χ0) is 23.1. The number of piperidine rings is 1. The van der Waals surface area contributed by atoms with E-state index >= 15 is 4.39 Å². The van der Waals surface area contributed by atoms with Gasteiger partial charge >= 0.3 is 0 Å². The molecule has 9 nitrogen and oxygen atoms in total. The van der Waals surface area contributed by atoms with Gasteiger partial charge in [-0.2, -0.15) is 5.10 Å². The van der Waals surface area contributed by atoms with Crippen LogP contribution in [0.1, 0.15) is 38.3 Å². The minimum atomic E-state index is -0.534. The molecule has 33 heavy (non-hydrogen) atoms. The second-order valence-corrected chi connectivity index (χ2v) is 9.69. The number of carbonyl (C=O) groups is 1. The topological polar surface area (TPSA) is 119 Å². The number of pyridine rings is 2. The van der Waals surface area contributed by atoms with E-state index in [0.29, 0.717) is 29.1 Å². The number of halogens is 1. The number of aromatic nitrogens is 4. The van der Waals surface area contributed by atoms with Gasteiger partial charge in [0.2, 0.25) is 5.91 Å². The Morgan fingerprint density at radius 2 is 2.09 bits per heavy atom. The van der Waals surface area contributed by atoms with Crippen LogP contribution in [0.2, 0.25) is 0 Å². The molecule has 174 valence electrons. The zero-order valence-corrected chi connectivity index (χ0v) is 19.2. The summed E-state index contributed by atoms with van der Waals surface area (Å²) in [6.45, 7) is 3.59. The Balaban J connectivity index is 1.41. The van der Waals surface area contributed by atoms with E-state index in [0.717, 1.165) is 31.4 Å². The number of nitrogens with one attached hydrogen (secondary N) is 3. The molecule has 11 heteroatoms. The fraction of sp³-hybridized carbons (Fsp3) is 0.455. The van der Waals surface area contributed by atoms with Crippen LogP contribution >= 0.6 is 12.0 Å². The van der Waals surface area contributed by atoms with Crippen molar-refractivity contribution in [3.05, 3.63) is 35.9 Å². The van der Waals surface area contributed by atoms with Crippen LogP contribution in [0, 0.1) is 12.7 Å². The summed E-state index contributed by atoms with van der Waals surface area (Å²) in [4.78, 5) is 23.5. The van der Waals surface area contributed by atoms with Gasteiger partial charge in [-0.3, -0.25) is 14.9 Å². The van der Waals surface area contributed by atoms with Crippen molar-refractivity contribution >= 4 is 46.3 Å². The van der Waals surface area contributed by atoms with Crippen molar-refractivity contribution in [3.63, 3.8) is 0 Å². The van der Waals surface area contributed by atoms with Crippen molar-refractivity contribution in [2.24, 2.45) is 0 Å². The number of anilines is 3. The molecule has 0 spiro atoms. The molecule has 1 amide bonds. The molecule has 3 aromatic heterocycles. The average Bonchev–Trinajstić information content (AvgIpc) is 3.35. The van der Waals surface area contributed by atoms with Crippen molar-refractivity contribution in [2.75, 3.05) is 10.6 Å². The normalized spacial score (nSPS) is 23.0. The summed E-state index contributed by atoms with van der Waals surface area (Å²) in [5.41, 5.74) is 1.08. The number of hydrogen-bond acceptors (Lipinski definition) is 8. The minimum absolute atomic E-state index is 0.0104. The van der Waals surface area contributed by atoms with E-state index in [1.54, 1.807) is 31.3 Å². The van der Waals surface area contributed by atoms with Crippen LogP contribution in [0.3, 0.4) is 0 Å². The minimum Gasteiger partial charge on any atom is -0.367 e. The smallest absolute Gasteiger partial charge is 0.238 e. The molecule has 4 atom stereocenters. The van der Waals surface area contributed by atoms with E-state index < -0.39 is 11.1 Å². The molecule has 2 saturated heterocycles. The molecule has 3 aromatic rings. The summed E-state index contributed by atoms with van der Waals surface area (Å²) >= 11 is 0.595. The Hall–Kier alpha value is -2.92. The van der Waals surface area contributed by atoms with Crippen LogP contribution in [0.15, 0.2) is 24.4 Å². The lowest BCUT2D eigenvalue weighted by atomic mass is 9.96. The van der Waals surface area contributed by atoms with Crippen LogP contribution in [0.4, 0.5) is 21.8 Å². The molecular weight excluding hydrogens is 445 g/mol. The predicted octanol–water partition coefficient (Wildman–Crippen LogP) is 4.07. The standard InChI is InChI=1S/C22H26FN7O2S/c1-11-8-17(29-28-11)26-21-18(23)19-16(4-3-7-24-19)20(27-21)25-13-9-14-5-6-15(10-13)30(14)22(31)12(2)33-32/h3-4,7-8,12-15,32H,5-6,9-10H2,1-2H3,(H3,25,26,27,28,29)/t12?,13?,14-,15+. The second kappa shape index (κ2) is 8.79. The van der Waals surface area contributed by atoms with Crippen molar-refractivity contribution in [1.82, 2.24) is 25.1 Å². The molecule has 2 fully saturated rings. The van der Waals surface area contributed by atoms with E-state index in [9.17, 15) is 9.35 Å². The van der Waals surface area contributed by atoms with Gasteiger partial charge in [0.05, 0.1) is 0 Å². The number of aromatic amines is 1. The lowest BCUT2D eigenvalue weighted by Crippen LogP contribution is -2.51. The summed E-state index contributed by atoms with van der Waals surface area (Å²) < 4.78 is 24.5. The van der Waals surface area contributed by atoms with Gasteiger partial charge in [-0.25, -0.2) is 9.37 Å². The molecule has 5 rings (SSSR count). The predicted molar refractivity (Wildman–Crippen MR) is 126 cm³/mol. The number of carbonyl (C=O) groups excluding carboxylic acids is 1. The van der Waals surface area contributed by atoms with E-state index in [4.69, 9.17) is 0 Å². The highest BCUT2D eigenvalue weighted by Gasteiger charge is 2.44. The molecule has 0 aliphatic carbocycles. The maximum atomic E-state index is 15.2. The second-order valence-electron chi connectivity index (χ2n) is 8.77. The number of aryl methyl sites for hydroxylation is 1. The Bertz CT molecular complexity index is 1170. The van der Waals surface area contributed by atoms with Crippen molar-refractivity contribution < 1.29 is 13.7 Å². The Morgan fingerprint density at radius 3 is 2.76 bits per heavy atom. The third kappa shape index (κ3) is 4.10. The van der Waals surface area contributed by atoms with Crippen molar-refractivity contribution in [1.29, 1.82) is 0 Å². The van der Waals surface area contributed by atoms with Gasteiger partial charge < -0.3 is 20.1 Å². The summed E-state index contributed by atoms with van der Waals surface area (Å²) in [5.74, 6) is 0.537. The van der Waals surface area contributed by atoms with Gasteiger partial charge in [0.15, 0.2) is 17.5 Å². The number of fused-ring (bicyclic) bond motifs is 3. The van der Waals surface area contributed by atoms with Gasteiger partial charge in [-0.05, 0) is 51.7 Å². The number of hydrogen-bond donors (Lipinski definition) is 4. The summed E-state index contributed by atoms with van der Waals surface area (Å²) in [6.07, 6.45) is 4.99. The summed E-state index contributed by atoms with van der Waals surface area (Å²) in [6, 6.07) is 5.67. The fourth-order valence-electron chi connectivity index (χ4n) is 5.00. The van der Waals surface area contributed by atoms with Gasteiger partial charge in [-0.1, -0.05) is 0 Å². The number of H-pyrrole nitrogens is 1. The molecule has 0 aromatic carbocycles. The van der Waals surface area contributed by atoms with Crippen LogP contribution in [0.25, 0.3) is 10.9 Å². The van der Waals surface area contributed by atoms with Gasteiger partial charge in [-0.15, -0.1) is 0 Å². The van der Waals surface area contributed by atoms with Gasteiger partial charge in [0.1, 0.15) is 16.6 Å². The summed E-state index contributed by atoms with van der Waals surface area (Å²) in [5, 5.41) is 13.5. The van der Waals surface area contributed by atoms with Crippen LogP contribution in [-0.2, 0) is 4.79 Å². The molecular formula is C22H26FN7O2S. The molecule has 5 heterocycles. The molecule has 2 unspecified atom stereocenters. The van der Waals surface area contributed by atoms with Crippen molar-refractivity contribution in [2.45, 2.75) is 62.9 Å². The Labute approximate surface area is 194 Å². The number of nitrogens with zero attached hydrogens (tertiary/aromatic N) is 4. The van der Waals surface area contributed by atoms with Crippen LogP contribution in [0.5, 0.6) is 0 Å². The lowest BCUT2D eigenvalue weighted by Gasteiger charge is -2.40. The Kier molecular flexibility index (Phi) is 5.83. The first-order chi connectivity index (χ1) is 15.9. The number of amides is 1. The maximum Gasteiger partial charge on any atom is 0.238 e.